The summed E-state index contributed by atoms with van der Waals surface area (Å²) in [5.74, 6) is 0.450. The Morgan fingerprint density at radius 3 is 2.39 bits per heavy atom. The quantitative estimate of drug-likeness (QED) is 0.873. The lowest BCUT2D eigenvalue weighted by Crippen LogP contribution is -2.48. The molecule has 0 bridgehead atoms. The van der Waals surface area contributed by atoms with Crippen LogP contribution in [0.5, 0.6) is 5.75 Å². The Morgan fingerprint density at radius 1 is 1.33 bits per heavy atom. The number of likely N-dealkylation sites (N-methyl/N-ethyl adjacent to an activating group) is 2. The van der Waals surface area contributed by atoms with Crippen molar-refractivity contribution in [3.8, 4) is 5.75 Å². The predicted molar refractivity (Wildman–Crippen MR) is 72.5 cm³/mol. The number of methoxy groups -OCH3 is 1. The normalized spacial score (nSPS) is 13.8. The van der Waals surface area contributed by atoms with E-state index in [2.05, 4.69) is 24.1 Å². The molecule has 0 aromatic heterocycles. The van der Waals surface area contributed by atoms with Crippen molar-refractivity contribution in [2.24, 2.45) is 0 Å². The fourth-order valence-electron chi connectivity index (χ4n) is 2.08. The van der Waals surface area contributed by atoms with Crippen LogP contribution >= 0.6 is 0 Å². The van der Waals surface area contributed by atoms with E-state index in [4.69, 9.17) is 4.74 Å². The molecule has 0 saturated heterocycles. The Hall–Kier alpha value is -1.13. The van der Waals surface area contributed by atoms with Crippen molar-refractivity contribution in [1.82, 2.24) is 10.2 Å². The van der Waals surface area contributed by atoms with Gasteiger partial charge in [-0.2, -0.15) is 0 Å². The van der Waals surface area contributed by atoms with Gasteiger partial charge in [-0.15, -0.1) is 0 Å². The number of hydrogen-bond acceptors (Lipinski definition) is 3. The summed E-state index contributed by atoms with van der Waals surface area (Å²) >= 11 is 0. The second-order valence-corrected chi connectivity index (χ2v) is 5.16. The molecule has 0 aliphatic rings. The number of hydrogen-bond donors (Lipinski definition) is 1. The molecule has 1 atom stereocenters. The van der Waals surface area contributed by atoms with E-state index in [1.165, 1.54) is 12.1 Å². The molecule has 1 unspecified atom stereocenters. The Morgan fingerprint density at radius 2 is 1.94 bits per heavy atom. The van der Waals surface area contributed by atoms with E-state index in [1.807, 2.05) is 21.1 Å². The van der Waals surface area contributed by atoms with Crippen LogP contribution in [-0.2, 0) is 0 Å². The monoisotopic (exact) mass is 254 g/mol. The molecule has 0 aliphatic heterocycles. The van der Waals surface area contributed by atoms with Crippen molar-refractivity contribution in [3.05, 3.63) is 29.6 Å². The fraction of sp³-hybridized carbons (Fsp3) is 0.571. The Balaban J connectivity index is 3.28. The summed E-state index contributed by atoms with van der Waals surface area (Å²) in [4.78, 5) is 2.11. The van der Waals surface area contributed by atoms with Crippen molar-refractivity contribution in [2.45, 2.75) is 25.4 Å². The number of nitrogens with zero attached hydrogens (tertiary/aromatic N) is 1. The third kappa shape index (κ3) is 2.82. The number of halogens is 1. The minimum Gasteiger partial charge on any atom is -0.496 e. The van der Waals surface area contributed by atoms with Crippen LogP contribution < -0.4 is 10.1 Å². The van der Waals surface area contributed by atoms with Gasteiger partial charge >= 0.3 is 0 Å². The highest BCUT2D eigenvalue weighted by molar-refractivity contribution is 5.38. The minimum atomic E-state index is -0.249. The SMILES string of the molecule is CNC(c1cc(F)ccc1OC)C(C)(C)N(C)C. The van der Waals surface area contributed by atoms with Crippen molar-refractivity contribution in [1.29, 1.82) is 0 Å². The lowest BCUT2D eigenvalue weighted by Gasteiger charge is -2.40. The van der Waals surface area contributed by atoms with Gasteiger partial charge in [-0.25, -0.2) is 4.39 Å². The van der Waals surface area contributed by atoms with E-state index in [0.717, 1.165) is 5.56 Å². The molecule has 1 aromatic rings. The van der Waals surface area contributed by atoms with Crippen LogP contribution in [0.25, 0.3) is 0 Å². The first kappa shape index (κ1) is 14.9. The van der Waals surface area contributed by atoms with Crippen LogP contribution in [0.4, 0.5) is 4.39 Å². The highest BCUT2D eigenvalue weighted by Crippen LogP contribution is 2.35. The molecule has 1 N–H and O–H groups in total. The summed E-state index contributed by atoms with van der Waals surface area (Å²) in [6, 6.07) is 4.59. The second-order valence-electron chi connectivity index (χ2n) is 5.16. The standard InChI is InChI=1S/C14H23FN2O/c1-14(2,17(4)5)13(16-3)11-9-10(15)7-8-12(11)18-6/h7-9,13,16H,1-6H3. The van der Waals surface area contributed by atoms with Gasteiger partial charge in [0.05, 0.1) is 13.2 Å². The molecule has 0 radical (unpaired) electrons. The molecule has 1 aromatic carbocycles. The van der Waals surface area contributed by atoms with Gasteiger partial charge in [0.2, 0.25) is 0 Å². The average molecular weight is 254 g/mol. The van der Waals surface area contributed by atoms with Gasteiger partial charge in [0.1, 0.15) is 11.6 Å². The maximum Gasteiger partial charge on any atom is 0.123 e. The van der Waals surface area contributed by atoms with Crippen molar-refractivity contribution in [3.63, 3.8) is 0 Å². The molecular weight excluding hydrogens is 231 g/mol. The first-order valence-electron chi connectivity index (χ1n) is 6.02. The summed E-state index contributed by atoms with van der Waals surface area (Å²) in [6.07, 6.45) is 0. The molecule has 0 spiro atoms. The zero-order chi connectivity index (χ0) is 13.9. The molecule has 18 heavy (non-hydrogen) atoms. The van der Waals surface area contributed by atoms with Crippen LogP contribution in [0.15, 0.2) is 18.2 Å². The van der Waals surface area contributed by atoms with Gasteiger partial charge in [-0.05, 0) is 53.2 Å². The van der Waals surface area contributed by atoms with E-state index in [9.17, 15) is 4.39 Å². The fourth-order valence-corrected chi connectivity index (χ4v) is 2.08. The van der Waals surface area contributed by atoms with E-state index in [-0.39, 0.29) is 17.4 Å². The summed E-state index contributed by atoms with van der Waals surface area (Å²) in [6.45, 7) is 4.22. The zero-order valence-electron chi connectivity index (χ0n) is 12.0. The topological polar surface area (TPSA) is 24.5 Å². The molecule has 1 rings (SSSR count). The number of nitrogens with one attached hydrogen (secondary N) is 1. The van der Waals surface area contributed by atoms with Crippen LogP contribution in [0.2, 0.25) is 0 Å². The van der Waals surface area contributed by atoms with Crippen LogP contribution in [0, 0.1) is 5.82 Å². The third-order valence-corrected chi connectivity index (χ3v) is 3.65. The van der Waals surface area contributed by atoms with Crippen molar-refractivity contribution in [2.75, 3.05) is 28.3 Å². The van der Waals surface area contributed by atoms with Crippen molar-refractivity contribution >= 4 is 0 Å². The average Bonchev–Trinajstić information content (AvgIpc) is 2.29. The number of rotatable bonds is 5. The Labute approximate surface area is 109 Å². The molecule has 102 valence electrons. The maximum absolute atomic E-state index is 13.5. The highest BCUT2D eigenvalue weighted by Gasteiger charge is 2.33. The van der Waals surface area contributed by atoms with Crippen LogP contribution in [0.3, 0.4) is 0 Å². The molecule has 0 saturated carbocycles. The van der Waals surface area contributed by atoms with Crippen LogP contribution in [-0.4, -0.2) is 38.7 Å². The molecule has 0 heterocycles. The first-order valence-corrected chi connectivity index (χ1v) is 6.02. The first-order chi connectivity index (χ1) is 8.34. The molecule has 3 nitrogen and oxygen atoms in total. The largest absolute Gasteiger partial charge is 0.496 e. The van der Waals surface area contributed by atoms with Gasteiger partial charge in [-0.3, -0.25) is 0 Å². The zero-order valence-corrected chi connectivity index (χ0v) is 12.0. The lowest BCUT2D eigenvalue weighted by atomic mass is 9.87. The maximum atomic E-state index is 13.5. The smallest absolute Gasteiger partial charge is 0.123 e. The van der Waals surface area contributed by atoms with Gasteiger partial charge in [0, 0.05) is 11.1 Å². The predicted octanol–water partition coefficient (Wildman–Crippen LogP) is 2.44. The van der Waals surface area contributed by atoms with E-state index in [1.54, 1.807) is 13.2 Å². The minimum absolute atomic E-state index is 0.0295. The third-order valence-electron chi connectivity index (χ3n) is 3.65. The summed E-state index contributed by atoms with van der Waals surface area (Å²) in [5, 5.41) is 3.25. The summed E-state index contributed by atoms with van der Waals surface area (Å²) in [5.41, 5.74) is 0.661. The summed E-state index contributed by atoms with van der Waals surface area (Å²) < 4.78 is 18.8. The number of benzene rings is 1. The van der Waals surface area contributed by atoms with Crippen molar-refractivity contribution < 1.29 is 9.13 Å². The van der Waals surface area contributed by atoms with Gasteiger partial charge < -0.3 is 15.0 Å². The molecule has 0 aliphatic carbocycles. The van der Waals surface area contributed by atoms with E-state index < -0.39 is 0 Å². The molecule has 4 heteroatoms. The number of ether oxygens (including phenoxy) is 1. The lowest BCUT2D eigenvalue weighted by molar-refractivity contribution is 0.140. The van der Waals surface area contributed by atoms with E-state index >= 15 is 0 Å². The Bertz CT molecular complexity index is 405. The highest BCUT2D eigenvalue weighted by atomic mass is 19.1. The molecular formula is C14H23FN2O. The van der Waals surface area contributed by atoms with Crippen LogP contribution in [0.1, 0.15) is 25.5 Å². The second kappa shape index (κ2) is 5.67. The van der Waals surface area contributed by atoms with Gasteiger partial charge in [0.15, 0.2) is 0 Å². The van der Waals surface area contributed by atoms with Gasteiger partial charge in [0.25, 0.3) is 0 Å². The molecule has 0 fully saturated rings. The summed E-state index contributed by atoms with van der Waals surface area (Å²) in [7, 11) is 7.50. The Kier molecular flexibility index (Phi) is 4.71. The van der Waals surface area contributed by atoms with E-state index in [0.29, 0.717) is 5.75 Å². The molecule has 0 amide bonds. The van der Waals surface area contributed by atoms with Gasteiger partial charge in [-0.1, -0.05) is 0 Å².